The van der Waals surface area contributed by atoms with Crippen molar-refractivity contribution >= 4 is 29.3 Å². The predicted molar refractivity (Wildman–Crippen MR) is 109 cm³/mol. The van der Waals surface area contributed by atoms with Gasteiger partial charge in [-0.1, -0.05) is 41.0 Å². The molecule has 0 atom stereocenters. The summed E-state index contributed by atoms with van der Waals surface area (Å²) >= 11 is 5.95. The highest BCUT2D eigenvalue weighted by Gasteiger charge is 2.15. The third-order valence-electron chi connectivity index (χ3n) is 3.94. The zero-order valence-corrected chi connectivity index (χ0v) is 16.6. The number of aromatic nitrogens is 2. The Morgan fingerprint density at radius 2 is 2.03 bits per heavy atom. The summed E-state index contributed by atoms with van der Waals surface area (Å²) in [6.07, 6.45) is 1.47. The molecule has 0 bridgehead atoms. The number of anilines is 1. The van der Waals surface area contributed by atoms with Crippen LogP contribution in [-0.4, -0.2) is 30.2 Å². The molecule has 0 amide bonds. The highest BCUT2D eigenvalue weighted by atomic mass is 35.5. The van der Waals surface area contributed by atoms with E-state index < -0.39 is 5.97 Å². The van der Waals surface area contributed by atoms with E-state index in [1.807, 2.05) is 49.3 Å². The lowest BCUT2D eigenvalue weighted by Gasteiger charge is -2.11. The van der Waals surface area contributed by atoms with Gasteiger partial charge >= 0.3 is 5.97 Å². The summed E-state index contributed by atoms with van der Waals surface area (Å²) in [5, 5.41) is 13.7. The van der Waals surface area contributed by atoms with Crippen LogP contribution in [0.1, 0.15) is 11.5 Å². The van der Waals surface area contributed by atoms with Crippen LogP contribution in [-0.2, 0) is 16.1 Å². The molecule has 2 aromatic carbocycles. The molecule has 1 aromatic heterocycles. The summed E-state index contributed by atoms with van der Waals surface area (Å²) in [7, 11) is 3.86. The monoisotopic (exact) mass is 408 g/mol. The second kappa shape index (κ2) is 9.04. The Balaban J connectivity index is 1.65. The quantitative estimate of drug-likeness (QED) is 0.344. The van der Waals surface area contributed by atoms with Gasteiger partial charge in [0.25, 0.3) is 5.89 Å². The van der Waals surface area contributed by atoms with E-state index in [9.17, 15) is 10.1 Å². The number of nitriles is 1. The number of nitrogens with zero attached hydrogens (tertiary/aromatic N) is 4. The molecule has 0 aliphatic carbocycles. The molecule has 7 nitrogen and oxygen atoms in total. The summed E-state index contributed by atoms with van der Waals surface area (Å²) in [4.78, 5) is 18.3. The summed E-state index contributed by atoms with van der Waals surface area (Å²) in [5.41, 5.74) is 2.27. The Hall–Kier alpha value is -3.63. The first kappa shape index (κ1) is 20.1. The van der Waals surface area contributed by atoms with Crippen molar-refractivity contribution in [1.82, 2.24) is 10.1 Å². The van der Waals surface area contributed by atoms with Crippen LogP contribution < -0.4 is 4.90 Å². The Morgan fingerprint density at radius 3 is 2.69 bits per heavy atom. The zero-order valence-electron chi connectivity index (χ0n) is 15.8. The fourth-order valence-electron chi connectivity index (χ4n) is 2.44. The Morgan fingerprint density at radius 1 is 1.28 bits per heavy atom. The molecule has 0 fully saturated rings. The van der Waals surface area contributed by atoms with Gasteiger partial charge in [0, 0.05) is 30.4 Å². The van der Waals surface area contributed by atoms with E-state index in [4.69, 9.17) is 20.9 Å². The van der Waals surface area contributed by atoms with Gasteiger partial charge in [0.05, 0.1) is 0 Å². The normalized spacial score (nSPS) is 11.0. The van der Waals surface area contributed by atoms with Gasteiger partial charge in [0.1, 0.15) is 11.6 Å². The molecular weight excluding hydrogens is 392 g/mol. The fraction of sp³-hybridized carbons (Fsp3) is 0.143. The highest BCUT2D eigenvalue weighted by Crippen LogP contribution is 2.20. The van der Waals surface area contributed by atoms with Crippen LogP contribution >= 0.6 is 11.6 Å². The van der Waals surface area contributed by atoms with E-state index in [1.165, 1.54) is 6.08 Å². The van der Waals surface area contributed by atoms with E-state index in [0.29, 0.717) is 22.0 Å². The third kappa shape index (κ3) is 5.21. The molecule has 29 heavy (non-hydrogen) atoms. The molecule has 0 radical (unpaired) electrons. The third-order valence-corrected chi connectivity index (χ3v) is 4.17. The summed E-state index contributed by atoms with van der Waals surface area (Å²) in [6, 6.07) is 16.2. The van der Waals surface area contributed by atoms with Crippen LogP contribution in [0, 0.1) is 11.3 Å². The molecule has 0 spiro atoms. The molecule has 1 heterocycles. The van der Waals surface area contributed by atoms with Crippen molar-refractivity contribution in [3.8, 4) is 17.5 Å². The van der Waals surface area contributed by atoms with E-state index in [1.54, 1.807) is 24.3 Å². The lowest BCUT2D eigenvalue weighted by molar-refractivity contribution is -0.140. The zero-order chi connectivity index (χ0) is 20.8. The first-order valence-electron chi connectivity index (χ1n) is 8.61. The number of benzene rings is 2. The molecule has 0 saturated carbocycles. The minimum absolute atomic E-state index is 0.112. The predicted octanol–water partition coefficient (Wildman–Crippen LogP) is 4.11. The van der Waals surface area contributed by atoms with Crippen LogP contribution in [0.25, 0.3) is 17.5 Å². The SMILES string of the molecule is CN(C)c1ccc(C=C(C#N)C(=O)OCc2nc(-c3cccc(Cl)c3)no2)cc1. The van der Waals surface area contributed by atoms with E-state index in [2.05, 4.69) is 10.1 Å². The number of rotatable bonds is 6. The summed E-state index contributed by atoms with van der Waals surface area (Å²) in [6.45, 7) is -0.245. The van der Waals surface area contributed by atoms with E-state index in [-0.39, 0.29) is 18.1 Å². The molecule has 146 valence electrons. The number of carbonyl (C=O) groups excluding carboxylic acids is 1. The van der Waals surface area contributed by atoms with Crippen molar-refractivity contribution in [3.05, 3.63) is 70.6 Å². The first-order chi connectivity index (χ1) is 14.0. The van der Waals surface area contributed by atoms with E-state index >= 15 is 0 Å². The van der Waals surface area contributed by atoms with Crippen LogP contribution in [0.3, 0.4) is 0 Å². The number of ether oxygens (including phenoxy) is 1. The maximum Gasteiger partial charge on any atom is 0.349 e. The van der Waals surface area contributed by atoms with Gasteiger partial charge in [0.2, 0.25) is 5.82 Å². The molecular formula is C21H17ClN4O3. The van der Waals surface area contributed by atoms with Gasteiger partial charge in [-0.15, -0.1) is 0 Å². The highest BCUT2D eigenvalue weighted by molar-refractivity contribution is 6.30. The number of carbonyl (C=O) groups is 1. The number of hydrogen-bond acceptors (Lipinski definition) is 7. The van der Waals surface area contributed by atoms with Gasteiger partial charge in [-0.2, -0.15) is 10.2 Å². The lowest BCUT2D eigenvalue weighted by Crippen LogP contribution is -2.08. The van der Waals surface area contributed by atoms with Crippen LogP contribution in [0.4, 0.5) is 5.69 Å². The van der Waals surface area contributed by atoms with Crippen molar-refractivity contribution < 1.29 is 14.1 Å². The Labute approximate surface area is 172 Å². The molecule has 3 aromatic rings. The maximum absolute atomic E-state index is 12.2. The second-order valence-electron chi connectivity index (χ2n) is 6.25. The molecule has 0 N–H and O–H groups in total. The van der Waals surface area contributed by atoms with Gasteiger partial charge < -0.3 is 14.2 Å². The second-order valence-corrected chi connectivity index (χ2v) is 6.69. The van der Waals surface area contributed by atoms with Crippen molar-refractivity contribution in [1.29, 1.82) is 5.26 Å². The number of halogens is 1. The van der Waals surface area contributed by atoms with Crippen molar-refractivity contribution in [2.45, 2.75) is 6.61 Å². The molecule has 0 saturated heterocycles. The van der Waals surface area contributed by atoms with Gasteiger partial charge in [-0.25, -0.2) is 4.79 Å². The van der Waals surface area contributed by atoms with Gasteiger partial charge in [-0.05, 0) is 35.9 Å². The summed E-state index contributed by atoms with van der Waals surface area (Å²) < 4.78 is 10.2. The van der Waals surface area contributed by atoms with Crippen molar-refractivity contribution in [2.75, 3.05) is 19.0 Å². The minimum Gasteiger partial charge on any atom is -0.451 e. The fourth-order valence-corrected chi connectivity index (χ4v) is 2.63. The van der Waals surface area contributed by atoms with Crippen molar-refractivity contribution in [2.24, 2.45) is 0 Å². The minimum atomic E-state index is -0.772. The molecule has 0 aliphatic rings. The molecule has 3 rings (SSSR count). The largest absolute Gasteiger partial charge is 0.451 e. The first-order valence-corrected chi connectivity index (χ1v) is 8.99. The Bertz CT molecular complexity index is 1080. The standard InChI is InChI=1S/C21H17ClN4O3/c1-26(2)18-8-6-14(7-9-18)10-16(12-23)21(27)28-13-19-24-20(25-29-19)15-4-3-5-17(22)11-15/h3-11H,13H2,1-2H3. The molecule has 8 heteroatoms. The van der Waals surface area contributed by atoms with Crippen molar-refractivity contribution in [3.63, 3.8) is 0 Å². The Kier molecular flexibility index (Phi) is 6.27. The van der Waals surface area contributed by atoms with Crippen LogP contribution in [0.15, 0.2) is 58.6 Å². The van der Waals surface area contributed by atoms with Crippen LogP contribution in [0.2, 0.25) is 5.02 Å². The van der Waals surface area contributed by atoms with Crippen LogP contribution in [0.5, 0.6) is 0 Å². The van der Waals surface area contributed by atoms with Gasteiger partial charge in [-0.3, -0.25) is 0 Å². The average molecular weight is 409 g/mol. The topological polar surface area (TPSA) is 92.2 Å². The number of esters is 1. The van der Waals surface area contributed by atoms with E-state index in [0.717, 1.165) is 5.69 Å². The smallest absolute Gasteiger partial charge is 0.349 e. The molecule has 0 unspecified atom stereocenters. The van der Waals surface area contributed by atoms with Gasteiger partial charge in [0.15, 0.2) is 6.61 Å². The maximum atomic E-state index is 12.2. The summed E-state index contributed by atoms with van der Waals surface area (Å²) in [5.74, 6) is -0.330. The lowest BCUT2D eigenvalue weighted by atomic mass is 10.1. The average Bonchev–Trinajstić information content (AvgIpc) is 3.19. The molecule has 0 aliphatic heterocycles. The number of hydrogen-bond donors (Lipinski definition) is 0.